The number of nitrogens with one attached hydrogen (secondary N) is 1. The third-order valence-corrected chi connectivity index (χ3v) is 5.06. The molecule has 3 rings (SSSR count). The van der Waals surface area contributed by atoms with Gasteiger partial charge in [0.2, 0.25) is 0 Å². The fraction of sp³-hybridized carbons (Fsp3) is 0.400. The molecule has 1 aromatic carbocycles. The number of likely N-dealkylation sites (tertiary alicyclic amines) is 1. The molecular formula is C20H24N2O4. The van der Waals surface area contributed by atoms with Gasteiger partial charge in [0.1, 0.15) is 11.4 Å². The minimum absolute atomic E-state index is 0.0259. The number of hydrogen-bond donors (Lipinski definition) is 1. The van der Waals surface area contributed by atoms with Crippen molar-refractivity contribution in [2.75, 3.05) is 20.8 Å². The molecule has 0 radical (unpaired) electrons. The van der Waals surface area contributed by atoms with E-state index in [1.807, 2.05) is 29.2 Å². The summed E-state index contributed by atoms with van der Waals surface area (Å²) in [5.41, 5.74) is 3.28. The number of aromatic amines is 1. The van der Waals surface area contributed by atoms with E-state index in [2.05, 4.69) is 4.98 Å². The lowest BCUT2D eigenvalue weighted by atomic mass is 10.0. The maximum atomic E-state index is 13.2. The summed E-state index contributed by atoms with van der Waals surface area (Å²) in [7, 11) is 2.98. The summed E-state index contributed by atoms with van der Waals surface area (Å²) in [5.74, 6) is 0.283. The molecule has 0 unspecified atom stereocenters. The van der Waals surface area contributed by atoms with E-state index in [1.54, 1.807) is 21.0 Å². The molecule has 1 aliphatic rings. The van der Waals surface area contributed by atoms with Crippen LogP contribution in [0.4, 0.5) is 0 Å². The number of carbonyl (C=O) groups is 2. The summed E-state index contributed by atoms with van der Waals surface area (Å²) < 4.78 is 10.0. The third kappa shape index (κ3) is 3.07. The van der Waals surface area contributed by atoms with E-state index < -0.39 is 5.97 Å². The van der Waals surface area contributed by atoms with Gasteiger partial charge in [-0.1, -0.05) is 12.1 Å². The Morgan fingerprint density at radius 3 is 2.46 bits per heavy atom. The van der Waals surface area contributed by atoms with Crippen molar-refractivity contribution >= 4 is 11.9 Å². The zero-order valence-corrected chi connectivity index (χ0v) is 15.6. The highest BCUT2D eigenvalue weighted by molar-refractivity contribution is 6.00. The molecule has 1 aromatic heterocycles. The molecule has 26 heavy (non-hydrogen) atoms. The van der Waals surface area contributed by atoms with Gasteiger partial charge in [0.25, 0.3) is 5.91 Å². The Morgan fingerprint density at radius 2 is 1.85 bits per heavy atom. The molecule has 0 saturated carbocycles. The Morgan fingerprint density at radius 1 is 1.15 bits per heavy atom. The van der Waals surface area contributed by atoms with Crippen LogP contribution in [0.25, 0.3) is 0 Å². The molecule has 138 valence electrons. The highest BCUT2D eigenvalue weighted by Crippen LogP contribution is 2.34. The van der Waals surface area contributed by atoms with Crippen molar-refractivity contribution in [2.24, 2.45) is 0 Å². The molecule has 1 aliphatic heterocycles. The van der Waals surface area contributed by atoms with Crippen LogP contribution in [0.15, 0.2) is 24.3 Å². The highest BCUT2D eigenvalue weighted by atomic mass is 16.5. The summed E-state index contributed by atoms with van der Waals surface area (Å²) in [4.78, 5) is 30.1. The van der Waals surface area contributed by atoms with Gasteiger partial charge in [-0.05, 0) is 49.9 Å². The van der Waals surface area contributed by atoms with Gasteiger partial charge in [-0.25, -0.2) is 4.79 Å². The summed E-state index contributed by atoms with van der Waals surface area (Å²) in [6.07, 6.45) is 1.87. The van der Waals surface area contributed by atoms with Crippen LogP contribution in [0, 0.1) is 13.8 Å². The van der Waals surface area contributed by atoms with Gasteiger partial charge in [0, 0.05) is 12.2 Å². The number of amides is 1. The van der Waals surface area contributed by atoms with Crippen molar-refractivity contribution in [1.29, 1.82) is 0 Å². The van der Waals surface area contributed by atoms with Crippen molar-refractivity contribution in [3.63, 3.8) is 0 Å². The van der Waals surface area contributed by atoms with Gasteiger partial charge in [0.05, 0.1) is 25.8 Å². The Balaban J connectivity index is 1.90. The molecule has 2 heterocycles. The SMILES string of the molecule is COC(=O)c1c(C)[nH]c(C(=O)N2CCC[C@@H]2c2ccc(OC)cc2)c1C. The molecule has 1 fully saturated rings. The van der Waals surface area contributed by atoms with Gasteiger partial charge in [-0.2, -0.15) is 0 Å². The predicted molar refractivity (Wildman–Crippen MR) is 97.6 cm³/mol. The molecular weight excluding hydrogens is 332 g/mol. The summed E-state index contributed by atoms with van der Waals surface area (Å²) in [6, 6.07) is 7.85. The van der Waals surface area contributed by atoms with Crippen LogP contribution in [-0.4, -0.2) is 42.5 Å². The van der Waals surface area contributed by atoms with Gasteiger partial charge in [-0.3, -0.25) is 4.79 Å². The maximum absolute atomic E-state index is 13.2. The summed E-state index contributed by atoms with van der Waals surface area (Å²) in [5, 5.41) is 0. The number of methoxy groups -OCH3 is 2. The molecule has 6 heteroatoms. The van der Waals surface area contributed by atoms with Crippen LogP contribution in [-0.2, 0) is 4.74 Å². The van der Waals surface area contributed by atoms with Crippen LogP contribution in [0.5, 0.6) is 5.75 Å². The van der Waals surface area contributed by atoms with E-state index in [9.17, 15) is 9.59 Å². The zero-order valence-electron chi connectivity index (χ0n) is 15.6. The normalized spacial score (nSPS) is 16.6. The van der Waals surface area contributed by atoms with E-state index in [-0.39, 0.29) is 11.9 Å². The number of aryl methyl sites for hydroxylation is 1. The molecule has 1 N–H and O–H groups in total. The van der Waals surface area contributed by atoms with Gasteiger partial charge >= 0.3 is 5.97 Å². The second kappa shape index (κ2) is 7.23. The first-order valence-electron chi connectivity index (χ1n) is 8.70. The average Bonchev–Trinajstić information content (AvgIpc) is 3.25. The number of rotatable bonds is 4. The number of aromatic nitrogens is 1. The molecule has 1 saturated heterocycles. The number of hydrogen-bond acceptors (Lipinski definition) is 4. The Labute approximate surface area is 153 Å². The Hall–Kier alpha value is -2.76. The fourth-order valence-corrected chi connectivity index (χ4v) is 3.70. The second-order valence-corrected chi connectivity index (χ2v) is 6.55. The lowest BCUT2D eigenvalue weighted by molar-refractivity contribution is 0.0599. The van der Waals surface area contributed by atoms with Crippen LogP contribution in [0.2, 0.25) is 0 Å². The molecule has 6 nitrogen and oxygen atoms in total. The van der Waals surface area contributed by atoms with E-state index in [0.717, 1.165) is 24.2 Å². The van der Waals surface area contributed by atoms with Crippen molar-refractivity contribution in [1.82, 2.24) is 9.88 Å². The number of benzene rings is 1. The Bertz CT molecular complexity index is 823. The Kier molecular flexibility index (Phi) is 5.02. The molecule has 2 aromatic rings. The topological polar surface area (TPSA) is 71.6 Å². The minimum Gasteiger partial charge on any atom is -0.497 e. The van der Waals surface area contributed by atoms with Crippen molar-refractivity contribution in [3.05, 3.63) is 52.3 Å². The molecule has 0 bridgehead atoms. The maximum Gasteiger partial charge on any atom is 0.339 e. The standard InChI is InChI=1S/C20H24N2O4/c1-12-17(20(24)26-4)13(2)21-18(12)19(23)22-11-5-6-16(22)14-7-9-15(25-3)10-8-14/h7-10,16,21H,5-6,11H2,1-4H3/t16-/m1/s1. The van der Waals surface area contributed by atoms with E-state index in [1.165, 1.54) is 7.11 Å². The minimum atomic E-state index is -0.427. The third-order valence-electron chi connectivity index (χ3n) is 5.06. The lowest BCUT2D eigenvalue weighted by Gasteiger charge is -2.25. The number of nitrogens with zero attached hydrogens (tertiary/aromatic N) is 1. The molecule has 1 amide bonds. The van der Waals surface area contributed by atoms with Crippen LogP contribution >= 0.6 is 0 Å². The van der Waals surface area contributed by atoms with E-state index in [4.69, 9.17) is 9.47 Å². The zero-order chi connectivity index (χ0) is 18.8. The van der Waals surface area contributed by atoms with Crippen molar-refractivity contribution in [3.8, 4) is 5.75 Å². The number of esters is 1. The van der Waals surface area contributed by atoms with Crippen LogP contribution in [0.3, 0.4) is 0 Å². The quantitative estimate of drug-likeness (QED) is 0.852. The lowest BCUT2D eigenvalue weighted by Crippen LogP contribution is -2.31. The first kappa shape index (κ1) is 18.0. The monoisotopic (exact) mass is 356 g/mol. The first-order valence-corrected chi connectivity index (χ1v) is 8.70. The second-order valence-electron chi connectivity index (χ2n) is 6.55. The predicted octanol–water partition coefficient (Wildman–Crippen LogP) is 3.40. The van der Waals surface area contributed by atoms with Gasteiger partial charge in [-0.15, -0.1) is 0 Å². The first-order chi connectivity index (χ1) is 12.5. The number of carbonyl (C=O) groups excluding carboxylic acids is 2. The fourth-order valence-electron chi connectivity index (χ4n) is 3.70. The van der Waals surface area contributed by atoms with E-state index in [0.29, 0.717) is 29.1 Å². The van der Waals surface area contributed by atoms with Gasteiger partial charge < -0.3 is 19.4 Å². The molecule has 0 aliphatic carbocycles. The number of ether oxygens (including phenoxy) is 2. The van der Waals surface area contributed by atoms with Crippen molar-refractivity contribution < 1.29 is 19.1 Å². The van der Waals surface area contributed by atoms with Crippen molar-refractivity contribution in [2.45, 2.75) is 32.7 Å². The van der Waals surface area contributed by atoms with Gasteiger partial charge in [0.15, 0.2) is 0 Å². The van der Waals surface area contributed by atoms with Crippen LogP contribution < -0.4 is 4.74 Å². The van der Waals surface area contributed by atoms with E-state index >= 15 is 0 Å². The molecule has 0 spiro atoms. The van der Waals surface area contributed by atoms with Crippen LogP contribution in [0.1, 0.15) is 56.6 Å². The number of H-pyrrole nitrogens is 1. The molecule has 1 atom stereocenters. The highest BCUT2D eigenvalue weighted by Gasteiger charge is 2.33. The summed E-state index contributed by atoms with van der Waals surface area (Å²) in [6.45, 7) is 4.25. The summed E-state index contributed by atoms with van der Waals surface area (Å²) >= 11 is 0. The average molecular weight is 356 g/mol. The smallest absolute Gasteiger partial charge is 0.339 e. The largest absolute Gasteiger partial charge is 0.497 e.